The number of nitrogens with zero attached hydrogens (tertiary/aromatic N) is 1. The normalized spacial score (nSPS) is 12.1. The average molecular weight is 271 g/mol. The summed E-state index contributed by atoms with van der Waals surface area (Å²) in [4.78, 5) is 24.6. The first kappa shape index (κ1) is 14.1. The van der Waals surface area contributed by atoms with Gasteiger partial charge in [-0.25, -0.2) is 0 Å². The highest BCUT2D eigenvalue weighted by molar-refractivity contribution is 5.98. The predicted octanol–water partition coefficient (Wildman–Crippen LogP) is 2.63. The van der Waals surface area contributed by atoms with E-state index in [-0.39, 0.29) is 12.5 Å². The van der Waals surface area contributed by atoms with Crippen LogP contribution in [0.2, 0.25) is 0 Å². The second-order valence-electron chi connectivity index (χ2n) is 4.99. The van der Waals surface area contributed by atoms with Crippen molar-refractivity contribution in [2.75, 3.05) is 13.6 Å². The Morgan fingerprint density at radius 2 is 1.80 bits per heavy atom. The molecule has 2 aromatic rings. The lowest BCUT2D eigenvalue weighted by molar-refractivity contribution is -0.141. The summed E-state index contributed by atoms with van der Waals surface area (Å²) in [5, 5.41) is 11.0. The lowest BCUT2D eigenvalue weighted by Crippen LogP contribution is -2.33. The van der Waals surface area contributed by atoms with Crippen LogP contribution in [0.4, 0.5) is 0 Å². The Kier molecular flexibility index (Phi) is 4.03. The van der Waals surface area contributed by atoms with Gasteiger partial charge in [0.1, 0.15) is 0 Å². The van der Waals surface area contributed by atoms with Crippen molar-refractivity contribution in [2.45, 2.75) is 6.92 Å². The van der Waals surface area contributed by atoms with Crippen LogP contribution in [-0.2, 0) is 4.79 Å². The monoisotopic (exact) mass is 271 g/mol. The highest BCUT2D eigenvalue weighted by Gasteiger charge is 2.18. The van der Waals surface area contributed by atoms with Gasteiger partial charge in [0, 0.05) is 19.2 Å². The topological polar surface area (TPSA) is 57.6 Å². The fraction of sp³-hybridized carbons (Fsp3) is 0.250. The molecule has 4 nitrogen and oxygen atoms in total. The number of fused-ring (bicyclic) bond motifs is 1. The van der Waals surface area contributed by atoms with Crippen LogP contribution in [0.15, 0.2) is 42.5 Å². The van der Waals surface area contributed by atoms with Crippen LogP contribution in [0, 0.1) is 5.92 Å². The van der Waals surface area contributed by atoms with E-state index in [2.05, 4.69) is 0 Å². The molecule has 2 rings (SSSR count). The lowest BCUT2D eigenvalue weighted by atomic mass is 10.1. The molecule has 0 aromatic heterocycles. The Balaban J connectivity index is 2.20. The molecule has 0 radical (unpaired) electrons. The minimum Gasteiger partial charge on any atom is -0.481 e. The van der Waals surface area contributed by atoms with Crippen LogP contribution in [0.5, 0.6) is 0 Å². The lowest BCUT2D eigenvalue weighted by Gasteiger charge is -2.19. The van der Waals surface area contributed by atoms with Gasteiger partial charge in [-0.3, -0.25) is 9.59 Å². The summed E-state index contributed by atoms with van der Waals surface area (Å²) in [5.41, 5.74) is 0.573. The SMILES string of the molecule is CC(CN(C)C(=O)c1ccc2ccccc2c1)C(=O)O. The Morgan fingerprint density at radius 3 is 2.45 bits per heavy atom. The second kappa shape index (κ2) is 5.74. The van der Waals surface area contributed by atoms with Gasteiger partial charge in [0.25, 0.3) is 5.91 Å². The third kappa shape index (κ3) is 2.96. The van der Waals surface area contributed by atoms with Gasteiger partial charge in [-0.2, -0.15) is 0 Å². The summed E-state index contributed by atoms with van der Waals surface area (Å²) >= 11 is 0. The number of benzene rings is 2. The molecule has 1 atom stereocenters. The molecule has 1 unspecified atom stereocenters. The summed E-state index contributed by atoms with van der Waals surface area (Å²) in [5.74, 6) is -1.64. The van der Waals surface area contributed by atoms with Crippen LogP contribution in [0.3, 0.4) is 0 Å². The molecule has 20 heavy (non-hydrogen) atoms. The van der Waals surface area contributed by atoms with Gasteiger partial charge in [-0.05, 0) is 22.9 Å². The maximum atomic E-state index is 12.3. The maximum absolute atomic E-state index is 12.3. The molecule has 0 saturated heterocycles. The van der Waals surface area contributed by atoms with E-state index >= 15 is 0 Å². The highest BCUT2D eigenvalue weighted by Crippen LogP contribution is 2.17. The zero-order valence-electron chi connectivity index (χ0n) is 11.5. The third-order valence-corrected chi connectivity index (χ3v) is 3.31. The van der Waals surface area contributed by atoms with Crippen molar-refractivity contribution in [3.05, 3.63) is 48.0 Å². The number of carbonyl (C=O) groups is 2. The smallest absolute Gasteiger partial charge is 0.308 e. The molecular weight excluding hydrogens is 254 g/mol. The summed E-state index contributed by atoms with van der Waals surface area (Å²) in [6.45, 7) is 1.79. The van der Waals surface area contributed by atoms with E-state index in [1.807, 2.05) is 36.4 Å². The Hall–Kier alpha value is -2.36. The molecule has 1 N–H and O–H groups in total. The van der Waals surface area contributed by atoms with E-state index in [1.54, 1.807) is 20.0 Å². The van der Waals surface area contributed by atoms with Gasteiger partial charge in [-0.15, -0.1) is 0 Å². The van der Waals surface area contributed by atoms with Crippen LogP contribution >= 0.6 is 0 Å². The summed E-state index contributed by atoms with van der Waals surface area (Å²) in [7, 11) is 1.62. The third-order valence-electron chi connectivity index (χ3n) is 3.31. The largest absolute Gasteiger partial charge is 0.481 e. The number of carbonyl (C=O) groups excluding carboxylic acids is 1. The van der Waals surface area contributed by atoms with Crippen molar-refractivity contribution in [3.8, 4) is 0 Å². The van der Waals surface area contributed by atoms with Crippen LogP contribution in [0.1, 0.15) is 17.3 Å². The molecule has 0 aliphatic heterocycles. The number of hydrogen-bond donors (Lipinski definition) is 1. The second-order valence-corrected chi connectivity index (χ2v) is 4.99. The Bertz CT molecular complexity index is 651. The average Bonchev–Trinajstić information content (AvgIpc) is 2.45. The summed E-state index contributed by atoms with van der Waals surface area (Å²) in [6, 6.07) is 13.3. The molecular formula is C16H17NO3. The van der Waals surface area contributed by atoms with Gasteiger partial charge in [0.2, 0.25) is 0 Å². The number of carboxylic acids is 1. The van der Waals surface area contributed by atoms with Gasteiger partial charge in [0.15, 0.2) is 0 Å². The van der Waals surface area contributed by atoms with Crippen LogP contribution in [0.25, 0.3) is 10.8 Å². The number of hydrogen-bond acceptors (Lipinski definition) is 2. The van der Waals surface area contributed by atoms with Crippen molar-refractivity contribution in [1.82, 2.24) is 4.90 Å². The van der Waals surface area contributed by atoms with E-state index in [0.717, 1.165) is 10.8 Å². The molecule has 0 fully saturated rings. The van der Waals surface area contributed by atoms with Crippen LogP contribution < -0.4 is 0 Å². The molecule has 0 heterocycles. The minimum absolute atomic E-state index is 0.163. The van der Waals surface area contributed by atoms with Crippen molar-refractivity contribution >= 4 is 22.6 Å². The van der Waals surface area contributed by atoms with E-state index in [0.29, 0.717) is 5.56 Å². The first-order valence-corrected chi connectivity index (χ1v) is 6.46. The van der Waals surface area contributed by atoms with E-state index in [9.17, 15) is 9.59 Å². The molecule has 0 bridgehead atoms. The minimum atomic E-state index is -0.900. The Labute approximate surface area is 117 Å². The zero-order chi connectivity index (χ0) is 14.7. The first-order valence-electron chi connectivity index (χ1n) is 6.46. The summed E-state index contributed by atoms with van der Waals surface area (Å²) in [6.07, 6.45) is 0. The fourth-order valence-electron chi connectivity index (χ4n) is 2.11. The Morgan fingerprint density at radius 1 is 1.15 bits per heavy atom. The van der Waals surface area contributed by atoms with Crippen molar-refractivity contribution in [2.24, 2.45) is 5.92 Å². The number of amides is 1. The van der Waals surface area contributed by atoms with Crippen molar-refractivity contribution in [1.29, 1.82) is 0 Å². The van der Waals surface area contributed by atoms with E-state index < -0.39 is 11.9 Å². The molecule has 2 aromatic carbocycles. The van der Waals surface area contributed by atoms with E-state index in [4.69, 9.17) is 5.11 Å². The van der Waals surface area contributed by atoms with Gasteiger partial charge in [-0.1, -0.05) is 37.3 Å². The number of rotatable bonds is 4. The molecule has 0 saturated carbocycles. The van der Waals surface area contributed by atoms with Gasteiger partial charge >= 0.3 is 5.97 Å². The van der Waals surface area contributed by atoms with Crippen molar-refractivity contribution in [3.63, 3.8) is 0 Å². The number of carboxylic acid groups (broad SMARTS) is 1. The molecule has 0 spiro atoms. The van der Waals surface area contributed by atoms with Gasteiger partial charge in [0.05, 0.1) is 5.92 Å². The fourth-order valence-corrected chi connectivity index (χ4v) is 2.11. The molecule has 0 aliphatic carbocycles. The first-order chi connectivity index (χ1) is 9.49. The van der Waals surface area contributed by atoms with E-state index in [1.165, 1.54) is 4.90 Å². The van der Waals surface area contributed by atoms with Crippen LogP contribution in [-0.4, -0.2) is 35.5 Å². The maximum Gasteiger partial charge on any atom is 0.308 e. The molecule has 4 heteroatoms. The zero-order valence-corrected chi connectivity index (χ0v) is 11.5. The quantitative estimate of drug-likeness (QED) is 0.930. The predicted molar refractivity (Wildman–Crippen MR) is 77.7 cm³/mol. The number of aliphatic carboxylic acids is 1. The summed E-state index contributed by atoms with van der Waals surface area (Å²) < 4.78 is 0. The van der Waals surface area contributed by atoms with Gasteiger partial charge < -0.3 is 10.0 Å². The highest BCUT2D eigenvalue weighted by atomic mass is 16.4. The molecule has 1 amide bonds. The molecule has 0 aliphatic rings. The standard InChI is InChI=1S/C16H17NO3/c1-11(16(19)20)10-17(2)15(18)14-8-7-12-5-3-4-6-13(12)9-14/h3-9,11H,10H2,1-2H3,(H,19,20). The molecule has 104 valence electrons. The van der Waals surface area contributed by atoms with Crippen molar-refractivity contribution < 1.29 is 14.7 Å².